The Balaban J connectivity index is 1.95. The molecule has 5 nitrogen and oxygen atoms in total. The van der Waals surface area contributed by atoms with E-state index in [-0.39, 0.29) is 24.5 Å². The number of carbonyl (C=O) groups is 2. The molecule has 5 heteroatoms. The predicted molar refractivity (Wildman–Crippen MR) is 91.0 cm³/mol. The maximum absolute atomic E-state index is 11.8. The van der Waals surface area contributed by atoms with Gasteiger partial charge in [0.05, 0.1) is 0 Å². The Hall–Kier alpha value is -2.40. The number of amides is 3. The minimum atomic E-state index is -0.448. The van der Waals surface area contributed by atoms with Crippen molar-refractivity contribution in [3.8, 4) is 0 Å². The number of hydrogen-bond donors (Lipinski definition) is 3. The number of carbonyl (C=O) groups excluding carboxylic acids is 2. The SMILES string of the molecule is CC(C)NC(=O)NC(=O)C[NH2+][C@@H](C)c1cccc2ccccc12. The van der Waals surface area contributed by atoms with Crippen LogP contribution in [0.3, 0.4) is 0 Å². The average molecular weight is 314 g/mol. The molecule has 0 heterocycles. The Morgan fingerprint density at radius 3 is 2.48 bits per heavy atom. The first-order valence-electron chi connectivity index (χ1n) is 7.88. The van der Waals surface area contributed by atoms with Crippen molar-refractivity contribution in [2.75, 3.05) is 6.54 Å². The molecular weight excluding hydrogens is 290 g/mol. The van der Waals surface area contributed by atoms with Gasteiger partial charge >= 0.3 is 6.03 Å². The Morgan fingerprint density at radius 1 is 1.04 bits per heavy atom. The summed E-state index contributed by atoms with van der Waals surface area (Å²) >= 11 is 0. The van der Waals surface area contributed by atoms with E-state index < -0.39 is 6.03 Å². The minimum Gasteiger partial charge on any atom is -0.336 e. The summed E-state index contributed by atoms with van der Waals surface area (Å²) in [5, 5.41) is 9.28. The van der Waals surface area contributed by atoms with Crippen molar-refractivity contribution < 1.29 is 14.9 Å². The second-order valence-corrected chi connectivity index (χ2v) is 5.97. The van der Waals surface area contributed by atoms with E-state index in [1.165, 1.54) is 16.3 Å². The smallest absolute Gasteiger partial charge is 0.321 e. The number of rotatable bonds is 5. The van der Waals surface area contributed by atoms with Gasteiger partial charge < -0.3 is 10.6 Å². The third kappa shape index (κ3) is 4.79. The highest BCUT2D eigenvalue weighted by Crippen LogP contribution is 2.21. The summed E-state index contributed by atoms with van der Waals surface area (Å²) in [6.45, 7) is 5.96. The summed E-state index contributed by atoms with van der Waals surface area (Å²) in [4.78, 5) is 23.3. The molecule has 4 N–H and O–H groups in total. The fourth-order valence-electron chi connectivity index (χ4n) is 2.53. The molecule has 0 aliphatic heterocycles. The number of benzene rings is 2. The van der Waals surface area contributed by atoms with Crippen LogP contribution in [0.5, 0.6) is 0 Å². The Bertz CT molecular complexity index is 692. The zero-order valence-electron chi connectivity index (χ0n) is 13.8. The van der Waals surface area contributed by atoms with Crippen LogP contribution < -0.4 is 16.0 Å². The second kappa shape index (κ2) is 7.74. The van der Waals surface area contributed by atoms with Gasteiger partial charge in [-0.1, -0.05) is 42.5 Å². The summed E-state index contributed by atoms with van der Waals surface area (Å²) in [5.74, 6) is -0.296. The largest absolute Gasteiger partial charge is 0.336 e. The summed E-state index contributed by atoms with van der Waals surface area (Å²) in [6.07, 6.45) is 0. The van der Waals surface area contributed by atoms with Crippen LogP contribution in [0.15, 0.2) is 42.5 Å². The summed E-state index contributed by atoms with van der Waals surface area (Å²) in [7, 11) is 0. The monoisotopic (exact) mass is 314 g/mol. The fraction of sp³-hybridized carbons (Fsp3) is 0.333. The van der Waals surface area contributed by atoms with E-state index in [0.29, 0.717) is 0 Å². The maximum atomic E-state index is 11.8. The predicted octanol–water partition coefficient (Wildman–Crippen LogP) is 1.70. The molecule has 0 saturated heterocycles. The molecule has 23 heavy (non-hydrogen) atoms. The molecule has 0 spiro atoms. The number of nitrogens with one attached hydrogen (secondary N) is 2. The minimum absolute atomic E-state index is 0.00128. The number of fused-ring (bicyclic) bond motifs is 1. The zero-order chi connectivity index (χ0) is 16.8. The van der Waals surface area contributed by atoms with E-state index in [9.17, 15) is 9.59 Å². The number of urea groups is 1. The first kappa shape index (κ1) is 17.0. The number of quaternary nitrogens is 1. The van der Waals surface area contributed by atoms with Crippen molar-refractivity contribution in [2.45, 2.75) is 32.9 Å². The molecule has 0 aromatic heterocycles. The molecule has 1 atom stereocenters. The van der Waals surface area contributed by atoms with Crippen LogP contribution in [0.25, 0.3) is 10.8 Å². The van der Waals surface area contributed by atoms with Gasteiger partial charge in [-0.2, -0.15) is 0 Å². The van der Waals surface area contributed by atoms with Gasteiger partial charge in [-0.15, -0.1) is 0 Å². The lowest BCUT2D eigenvalue weighted by Crippen LogP contribution is -2.87. The first-order valence-corrected chi connectivity index (χ1v) is 7.88. The lowest BCUT2D eigenvalue weighted by Gasteiger charge is -2.14. The standard InChI is InChI=1S/C18H23N3O2/c1-12(2)20-18(23)21-17(22)11-19-13(3)15-10-6-8-14-7-4-5-9-16(14)15/h4-10,12-13,19H,11H2,1-3H3,(H2,20,21,22,23)/p+1/t13-/m0/s1. The van der Waals surface area contributed by atoms with Gasteiger partial charge in [-0.3, -0.25) is 10.1 Å². The van der Waals surface area contributed by atoms with Crippen molar-refractivity contribution in [3.05, 3.63) is 48.0 Å². The van der Waals surface area contributed by atoms with Crippen molar-refractivity contribution in [2.24, 2.45) is 0 Å². The molecule has 122 valence electrons. The molecule has 2 aromatic rings. The van der Waals surface area contributed by atoms with Crippen LogP contribution in [-0.4, -0.2) is 24.5 Å². The summed E-state index contributed by atoms with van der Waals surface area (Å²) in [5.41, 5.74) is 1.18. The molecule has 2 aromatic carbocycles. The van der Waals surface area contributed by atoms with Gasteiger partial charge in [0.25, 0.3) is 5.91 Å². The van der Waals surface area contributed by atoms with Crippen molar-refractivity contribution in [1.82, 2.24) is 10.6 Å². The second-order valence-electron chi connectivity index (χ2n) is 5.97. The molecule has 0 saturated carbocycles. The van der Waals surface area contributed by atoms with Gasteiger partial charge in [-0.05, 0) is 31.5 Å². The van der Waals surface area contributed by atoms with Gasteiger partial charge in [-0.25, -0.2) is 4.79 Å². The Kier molecular flexibility index (Phi) is 5.71. The number of imide groups is 1. The number of nitrogens with two attached hydrogens (primary N) is 1. The lowest BCUT2D eigenvalue weighted by molar-refractivity contribution is -0.682. The van der Waals surface area contributed by atoms with Gasteiger partial charge in [0.2, 0.25) is 0 Å². The Labute approximate surface area is 136 Å². The number of hydrogen-bond acceptors (Lipinski definition) is 2. The van der Waals surface area contributed by atoms with Gasteiger partial charge in [0.1, 0.15) is 6.04 Å². The molecule has 0 aliphatic rings. The van der Waals surface area contributed by atoms with Crippen molar-refractivity contribution in [3.63, 3.8) is 0 Å². The zero-order valence-corrected chi connectivity index (χ0v) is 13.8. The van der Waals surface area contributed by atoms with Crippen LogP contribution >= 0.6 is 0 Å². The van der Waals surface area contributed by atoms with E-state index >= 15 is 0 Å². The molecule has 2 rings (SSSR count). The summed E-state index contributed by atoms with van der Waals surface area (Å²) < 4.78 is 0. The highest BCUT2D eigenvalue weighted by molar-refractivity contribution is 5.94. The van der Waals surface area contributed by atoms with E-state index in [0.717, 1.165) is 0 Å². The molecule has 3 amide bonds. The lowest BCUT2D eigenvalue weighted by atomic mass is 10.00. The fourth-order valence-corrected chi connectivity index (χ4v) is 2.53. The molecule has 0 fully saturated rings. The first-order chi connectivity index (χ1) is 11.0. The van der Waals surface area contributed by atoms with Crippen LogP contribution in [0.2, 0.25) is 0 Å². The van der Waals surface area contributed by atoms with Crippen molar-refractivity contribution in [1.29, 1.82) is 0 Å². The molecule has 0 unspecified atom stereocenters. The van der Waals surface area contributed by atoms with Crippen LogP contribution in [-0.2, 0) is 4.79 Å². The van der Waals surface area contributed by atoms with Crippen molar-refractivity contribution >= 4 is 22.7 Å². The summed E-state index contributed by atoms with van der Waals surface area (Å²) in [6, 6.07) is 14.1. The maximum Gasteiger partial charge on any atom is 0.321 e. The quantitative estimate of drug-likeness (QED) is 0.786. The normalized spacial score (nSPS) is 12.2. The van der Waals surface area contributed by atoms with E-state index in [1.807, 2.05) is 37.4 Å². The van der Waals surface area contributed by atoms with Crippen LogP contribution in [0.1, 0.15) is 32.4 Å². The molecule has 0 radical (unpaired) electrons. The van der Waals surface area contributed by atoms with Gasteiger partial charge in [0, 0.05) is 11.6 Å². The van der Waals surface area contributed by atoms with Crippen LogP contribution in [0.4, 0.5) is 4.79 Å². The van der Waals surface area contributed by atoms with E-state index in [1.54, 1.807) is 0 Å². The third-order valence-electron chi connectivity index (χ3n) is 3.64. The third-order valence-corrected chi connectivity index (χ3v) is 3.64. The highest BCUT2D eigenvalue weighted by atomic mass is 16.2. The molecular formula is C18H24N3O2+. The molecule has 0 bridgehead atoms. The van der Waals surface area contributed by atoms with E-state index in [2.05, 4.69) is 41.8 Å². The van der Waals surface area contributed by atoms with Gasteiger partial charge in [0.15, 0.2) is 6.54 Å². The average Bonchev–Trinajstić information content (AvgIpc) is 2.51. The highest BCUT2D eigenvalue weighted by Gasteiger charge is 2.15. The topological polar surface area (TPSA) is 74.8 Å². The van der Waals surface area contributed by atoms with E-state index in [4.69, 9.17) is 0 Å². The van der Waals surface area contributed by atoms with Crippen LogP contribution in [0, 0.1) is 0 Å². The molecule has 0 aliphatic carbocycles. The Morgan fingerprint density at radius 2 is 1.74 bits per heavy atom.